The van der Waals surface area contributed by atoms with E-state index in [1.165, 1.54) is 0 Å². The molecule has 2 heterocycles. The predicted molar refractivity (Wildman–Crippen MR) is 99.1 cm³/mol. The molecular formula is C19H18N2O5S. The van der Waals surface area contributed by atoms with Crippen molar-refractivity contribution >= 4 is 40.9 Å². The highest BCUT2D eigenvalue weighted by Crippen LogP contribution is 2.48. The van der Waals surface area contributed by atoms with Gasteiger partial charge >= 0.3 is 5.97 Å². The van der Waals surface area contributed by atoms with Gasteiger partial charge in [0, 0.05) is 22.6 Å². The van der Waals surface area contributed by atoms with Gasteiger partial charge in [-0.2, -0.15) is 5.06 Å². The summed E-state index contributed by atoms with van der Waals surface area (Å²) in [5, 5.41) is 17.9. The number of aliphatic carboxylic acids is 1. The van der Waals surface area contributed by atoms with E-state index in [4.69, 9.17) is 5.21 Å². The van der Waals surface area contributed by atoms with Crippen molar-refractivity contribution in [1.29, 1.82) is 0 Å². The summed E-state index contributed by atoms with van der Waals surface area (Å²) in [4.78, 5) is 35.9. The lowest BCUT2D eigenvalue weighted by atomic mass is 10.1. The Labute approximate surface area is 160 Å². The zero-order valence-corrected chi connectivity index (χ0v) is 15.3. The first-order chi connectivity index (χ1) is 12.9. The van der Waals surface area contributed by atoms with Gasteiger partial charge < -0.3 is 10.0 Å². The SMILES string of the molecule is CC(C(=O)O)N1c2ccccc2Sc2ccccc21.O=C1CCC(=O)N1O. The Morgan fingerprint density at radius 3 is 1.78 bits per heavy atom. The van der Waals surface area contributed by atoms with Crippen LogP contribution in [0.3, 0.4) is 0 Å². The Kier molecular flexibility index (Phi) is 5.48. The van der Waals surface area contributed by atoms with Crippen LogP contribution in [0.4, 0.5) is 11.4 Å². The van der Waals surface area contributed by atoms with Gasteiger partial charge in [0.15, 0.2) is 0 Å². The van der Waals surface area contributed by atoms with E-state index in [-0.39, 0.29) is 17.9 Å². The van der Waals surface area contributed by atoms with Gasteiger partial charge in [0.25, 0.3) is 11.8 Å². The third kappa shape index (κ3) is 3.81. The number of carbonyl (C=O) groups excluding carboxylic acids is 2. The highest BCUT2D eigenvalue weighted by atomic mass is 32.2. The lowest BCUT2D eigenvalue weighted by Crippen LogP contribution is -2.36. The number of anilines is 2. The average molecular weight is 386 g/mol. The first kappa shape index (κ1) is 18.9. The fourth-order valence-electron chi connectivity index (χ4n) is 2.83. The number of para-hydroxylation sites is 2. The minimum Gasteiger partial charge on any atom is -0.480 e. The summed E-state index contributed by atoms with van der Waals surface area (Å²) in [6.45, 7) is 1.71. The van der Waals surface area contributed by atoms with Crippen LogP contribution in [0.15, 0.2) is 58.3 Å². The van der Waals surface area contributed by atoms with Crippen molar-refractivity contribution < 1.29 is 24.7 Å². The summed E-state index contributed by atoms with van der Waals surface area (Å²) in [5.74, 6) is -1.83. The molecule has 140 valence electrons. The molecule has 2 aliphatic heterocycles. The first-order valence-electron chi connectivity index (χ1n) is 8.32. The van der Waals surface area contributed by atoms with Gasteiger partial charge in [-0.1, -0.05) is 36.0 Å². The number of imide groups is 1. The Morgan fingerprint density at radius 1 is 0.963 bits per heavy atom. The van der Waals surface area contributed by atoms with Crippen molar-refractivity contribution in [2.45, 2.75) is 35.6 Å². The molecule has 0 aliphatic carbocycles. The lowest BCUT2D eigenvalue weighted by molar-refractivity contribution is -0.171. The molecule has 7 nitrogen and oxygen atoms in total. The molecule has 1 saturated heterocycles. The molecule has 2 amide bonds. The molecule has 2 aromatic carbocycles. The van der Waals surface area contributed by atoms with Crippen molar-refractivity contribution in [1.82, 2.24) is 5.06 Å². The Hall–Kier alpha value is -2.84. The number of rotatable bonds is 2. The molecule has 2 aromatic rings. The second kappa shape index (κ2) is 7.81. The number of benzene rings is 2. The zero-order valence-electron chi connectivity index (χ0n) is 14.5. The summed E-state index contributed by atoms with van der Waals surface area (Å²) in [6.07, 6.45) is 0.296. The second-order valence-corrected chi connectivity index (χ2v) is 7.10. The molecule has 2 N–H and O–H groups in total. The van der Waals surface area contributed by atoms with Gasteiger partial charge in [-0.15, -0.1) is 0 Å². The van der Waals surface area contributed by atoms with Gasteiger partial charge in [-0.25, -0.2) is 4.79 Å². The molecule has 1 atom stereocenters. The topological polar surface area (TPSA) is 98.2 Å². The van der Waals surface area contributed by atoms with Gasteiger partial charge in [-0.05, 0) is 31.2 Å². The fraction of sp³-hybridized carbons (Fsp3) is 0.211. The first-order valence-corrected chi connectivity index (χ1v) is 9.14. The molecular weight excluding hydrogens is 368 g/mol. The van der Waals surface area contributed by atoms with E-state index >= 15 is 0 Å². The fourth-order valence-corrected chi connectivity index (χ4v) is 3.90. The highest BCUT2D eigenvalue weighted by Gasteiger charge is 2.30. The van der Waals surface area contributed by atoms with Crippen molar-refractivity contribution in [3.8, 4) is 0 Å². The molecule has 4 rings (SSSR count). The normalized spacial score (nSPS) is 16.2. The van der Waals surface area contributed by atoms with Gasteiger partial charge in [0.2, 0.25) is 0 Å². The van der Waals surface area contributed by atoms with Crippen molar-refractivity contribution in [3.63, 3.8) is 0 Å². The summed E-state index contributed by atoms with van der Waals surface area (Å²) >= 11 is 1.68. The number of carbonyl (C=O) groups is 3. The van der Waals surface area contributed by atoms with Crippen LogP contribution in [-0.2, 0) is 14.4 Å². The summed E-state index contributed by atoms with van der Waals surface area (Å²) < 4.78 is 0. The third-order valence-corrected chi connectivity index (χ3v) is 5.37. The van der Waals surface area contributed by atoms with Crippen molar-refractivity contribution in [2.24, 2.45) is 0 Å². The highest BCUT2D eigenvalue weighted by molar-refractivity contribution is 7.99. The Balaban J connectivity index is 0.000000221. The molecule has 27 heavy (non-hydrogen) atoms. The summed E-state index contributed by atoms with van der Waals surface area (Å²) in [6, 6.07) is 15.2. The molecule has 0 saturated carbocycles. The predicted octanol–water partition coefficient (Wildman–Crippen LogP) is 3.29. The van der Waals surface area contributed by atoms with Crippen LogP contribution in [0, 0.1) is 0 Å². The average Bonchev–Trinajstić information content (AvgIpc) is 2.97. The van der Waals surface area contributed by atoms with E-state index in [0.717, 1.165) is 21.2 Å². The minimum atomic E-state index is -0.823. The number of carboxylic acids is 1. The van der Waals surface area contributed by atoms with E-state index in [0.29, 0.717) is 0 Å². The molecule has 8 heteroatoms. The monoisotopic (exact) mass is 386 g/mol. The standard InChI is InChI=1S/C15H13NO2S.C4H5NO3/c1-10(15(17)18)16-11-6-2-4-8-13(11)19-14-9-5-3-7-12(14)16;6-3-1-2-4(7)5(3)8/h2-10H,1H3,(H,17,18);8H,1-2H2. The number of hydrogen-bond donors (Lipinski definition) is 2. The number of fused-ring (bicyclic) bond motifs is 2. The van der Waals surface area contributed by atoms with E-state index < -0.39 is 23.8 Å². The quantitative estimate of drug-likeness (QED) is 0.604. The largest absolute Gasteiger partial charge is 0.480 e. The molecule has 1 unspecified atom stereocenters. The number of carboxylic acid groups (broad SMARTS) is 1. The maximum Gasteiger partial charge on any atom is 0.326 e. The van der Waals surface area contributed by atoms with Crippen LogP contribution in [0.1, 0.15) is 19.8 Å². The van der Waals surface area contributed by atoms with E-state index in [1.54, 1.807) is 18.7 Å². The van der Waals surface area contributed by atoms with Crippen molar-refractivity contribution in [2.75, 3.05) is 4.90 Å². The Morgan fingerprint density at radius 2 is 1.41 bits per heavy atom. The maximum atomic E-state index is 11.4. The zero-order chi connectivity index (χ0) is 19.6. The van der Waals surface area contributed by atoms with Gasteiger partial charge in [-0.3, -0.25) is 14.8 Å². The Bertz CT molecular complexity index is 840. The molecule has 0 aromatic heterocycles. The molecule has 2 aliphatic rings. The number of amides is 2. The molecule has 0 bridgehead atoms. The van der Waals surface area contributed by atoms with Crippen LogP contribution in [0.5, 0.6) is 0 Å². The molecule has 0 spiro atoms. The smallest absolute Gasteiger partial charge is 0.326 e. The van der Waals surface area contributed by atoms with Gasteiger partial charge in [0.1, 0.15) is 6.04 Å². The van der Waals surface area contributed by atoms with E-state index in [1.807, 2.05) is 53.4 Å². The van der Waals surface area contributed by atoms with E-state index in [9.17, 15) is 19.5 Å². The van der Waals surface area contributed by atoms with Crippen LogP contribution in [0.25, 0.3) is 0 Å². The lowest BCUT2D eigenvalue weighted by Gasteiger charge is -2.35. The number of hydroxylamine groups is 2. The summed E-state index contributed by atoms with van der Waals surface area (Å²) in [7, 11) is 0. The number of nitrogens with zero attached hydrogens (tertiary/aromatic N) is 2. The minimum absolute atomic E-state index is 0.148. The van der Waals surface area contributed by atoms with E-state index in [2.05, 4.69) is 0 Å². The number of hydrogen-bond acceptors (Lipinski definition) is 6. The van der Waals surface area contributed by atoms with Crippen molar-refractivity contribution in [3.05, 3.63) is 48.5 Å². The third-order valence-electron chi connectivity index (χ3n) is 4.24. The molecule has 0 radical (unpaired) electrons. The summed E-state index contributed by atoms with van der Waals surface area (Å²) in [5.41, 5.74) is 1.92. The van der Waals surface area contributed by atoms with Crippen LogP contribution in [-0.4, -0.2) is 39.2 Å². The van der Waals surface area contributed by atoms with Crippen LogP contribution in [0.2, 0.25) is 0 Å². The van der Waals surface area contributed by atoms with Gasteiger partial charge in [0.05, 0.1) is 11.4 Å². The van der Waals surface area contributed by atoms with Crippen LogP contribution < -0.4 is 4.90 Å². The second-order valence-electron chi connectivity index (χ2n) is 6.02. The maximum absolute atomic E-state index is 11.4. The molecule has 1 fully saturated rings. The van der Waals surface area contributed by atoms with Crippen LogP contribution >= 0.6 is 11.8 Å².